The minimum absolute atomic E-state index is 0.732. The predicted molar refractivity (Wildman–Crippen MR) is 77.7 cm³/mol. The van der Waals surface area contributed by atoms with E-state index in [0.717, 1.165) is 55.1 Å². The van der Waals surface area contributed by atoms with E-state index in [0.29, 0.717) is 0 Å². The third-order valence-electron chi connectivity index (χ3n) is 3.33. The van der Waals surface area contributed by atoms with Crippen LogP contribution in [0.5, 0.6) is 0 Å². The molecule has 0 spiro atoms. The van der Waals surface area contributed by atoms with Gasteiger partial charge in [-0.25, -0.2) is 9.97 Å². The lowest BCUT2D eigenvalue weighted by molar-refractivity contribution is 0.134. The second-order valence-electron chi connectivity index (χ2n) is 5.01. The number of anilines is 2. The van der Waals surface area contributed by atoms with Crippen molar-refractivity contribution in [3.05, 3.63) is 11.4 Å². The molecule has 0 bridgehead atoms. The largest absolute Gasteiger partial charge is 0.379 e. The van der Waals surface area contributed by atoms with Gasteiger partial charge in [-0.15, -0.1) is 0 Å². The van der Waals surface area contributed by atoms with Crippen molar-refractivity contribution in [2.75, 3.05) is 37.4 Å². The molecule has 0 amide bonds. The molecular weight excluding hydrogens is 240 g/mol. The number of nitrogens with zero attached hydrogens (tertiary/aromatic N) is 2. The van der Waals surface area contributed by atoms with Crippen molar-refractivity contribution in [1.29, 1.82) is 0 Å². The van der Waals surface area contributed by atoms with Crippen molar-refractivity contribution >= 4 is 11.6 Å². The minimum Gasteiger partial charge on any atom is -0.379 e. The molecule has 0 aliphatic heterocycles. The molecule has 0 saturated heterocycles. The van der Waals surface area contributed by atoms with Gasteiger partial charge in [0.1, 0.15) is 17.5 Å². The van der Waals surface area contributed by atoms with Gasteiger partial charge in [0.15, 0.2) is 0 Å². The number of ether oxygens (including phenoxy) is 1. The number of rotatable bonds is 8. The van der Waals surface area contributed by atoms with Gasteiger partial charge in [0.05, 0.1) is 6.61 Å². The summed E-state index contributed by atoms with van der Waals surface area (Å²) in [7, 11) is 1.89. The number of aryl methyl sites for hydroxylation is 1. The van der Waals surface area contributed by atoms with Gasteiger partial charge in [0.2, 0.25) is 0 Å². The van der Waals surface area contributed by atoms with Gasteiger partial charge < -0.3 is 15.4 Å². The fourth-order valence-electron chi connectivity index (χ4n) is 1.91. The quantitative estimate of drug-likeness (QED) is 0.705. The van der Waals surface area contributed by atoms with E-state index in [2.05, 4.69) is 27.5 Å². The van der Waals surface area contributed by atoms with Crippen LogP contribution >= 0.6 is 0 Å². The zero-order valence-corrected chi connectivity index (χ0v) is 12.1. The second-order valence-corrected chi connectivity index (χ2v) is 5.01. The molecule has 19 heavy (non-hydrogen) atoms. The summed E-state index contributed by atoms with van der Waals surface area (Å²) in [6, 6.07) is 0. The number of hydrogen-bond donors (Lipinski definition) is 2. The molecule has 0 aromatic carbocycles. The van der Waals surface area contributed by atoms with E-state index in [1.165, 1.54) is 12.8 Å². The molecule has 106 valence electrons. The van der Waals surface area contributed by atoms with Gasteiger partial charge >= 0.3 is 0 Å². The minimum atomic E-state index is 0.732. The summed E-state index contributed by atoms with van der Waals surface area (Å²) in [5.74, 6) is 3.49. The molecule has 1 fully saturated rings. The van der Waals surface area contributed by atoms with Gasteiger partial charge in [0.25, 0.3) is 0 Å². The van der Waals surface area contributed by atoms with E-state index in [-0.39, 0.29) is 0 Å². The van der Waals surface area contributed by atoms with Gasteiger partial charge in [-0.05, 0) is 25.7 Å². The molecule has 0 radical (unpaired) electrons. The number of aromatic nitrogens is 2. The highest BCUT2D eigenvalue weighted by atomic mass is 16.5. The normalized spacial score (nSPS) is 14.5. The van der Waals surface area contributed by atoms with Crippen molar-refractivity contribution in [2.45, 2.75) is 33.1 Å². The fourth-order valence-corrected chi connectivity index (χ4v) is 1.91. The summed E-state index contributed by atoms with van der Waals surface area (Å²) in [5, 5.41) is 6.45. The van der Waals surface area contributed by atoms with Crippen molar-refractivity contribution in [3.63, 3.8) is 0 Å². The van der Waals surface area contributed by atoms with Crippen LogP contribution in [0.1, 0.15) is 31.2 Å². The average molecular weight is 264 g/mol. The molecule has 1 saturated carbocycles. The molecule has 5 heteroatoms. The molecule has 0 unspecified atom stereocenters. The maximum absolute atomic E-state index is 5.61. The monoisotopic (exact) mass is 264 g/mol. The van der Waals surface area contributed by atoms with Gasteiger partial charge in [-0.2, -0.15) is 0 Å². The van der Waals surface area contributed by atoms with E-state index < -0.39 is 0 Å². The first kappa shape index (κ1) is 14.1. The Morgan fingerprint density at radius 2 is 2.00 bits per heavy atom. The van der Waals surface area contributed by atoms with E-state index in [9.17, 15) is 0 Å². The van der Waals surface area contributed by atoms with Crippen LogP contribution in [-0.2, 0) is 11.2 Å². The highest BCUT2D eigenvalue weighted by molar-refractivity contribution is 5.56. The van der Waals surface area contributed by atoms with Crippen LogP contribution in [0.2, 0.25) is 0 Å². The third-order valence-corrected chi connectivity index (χ3v) is 3.33. The van der Waals surface area contributed by atoms with Crippen molar-refractivity contribution < 1.29 is 4.74 Å². The summed E-state index contributed by atoms with van der Waals surface area (Å²) in [6.07, 6.45) is 3.51. The van der Waals surface area contributed by atoms with E-state index in [4.69, 9.17) is 4.74 Å². The maximum Gasteiger partial charge on any atom is 0.134 e. The molecule has 0 atom stereocenters. The van der Waals surface area contributed by atoms with Crippen LogP contribution in [-0.4, -0.2) is 36.8 Å². The van der Waals surface area contributed by atoms with Gasteiger partial charge in [0, 0.05) is 32.2 Å². The molecule has 1 aliphatic rings. The molecule has 1 aliphatic carbocycles. The highest BCUT2D eigenvalue weighted by Crippen LogP contribution is 2.28. The SMILES string of the molecule is CCc1nc(NC)c(C)c(NCCOCC2CC2)n1. The van der Waals surface area contributed by atoms with Crippen molar-refractivity contribution in [3.8, 4) is 0 Å². The molecule has 1 aromatic rings. The van der Waals surface area contributed by atoms with E-state index >= 15 is 0 Å². The summed E-state index contributed by atoms with van der Waals surface area (Å²) >= 11 is 0. The van der Waals surface area contributed by atoms with Crippen LogP contribution < -0.4 is 10.6 Å². The summed E-state index contributed by atoms with van der Waals surface area (Å²) in [4.78, 5) is 8.98. The zero-order valence-electron chi connectivity index (χ0n) is 12.1. The maximum atomic E-state index is 5.61. The molecule has 5 nitrogen and oxygen atoms in total. The predicted octanol–water partition coefficient (Wildman–Crippen LogP) is 2.23. The van der Waals surface area contributed by atoms with E-state index in [1.54, 1.807) is 0 Å². The smallest absolute Gasteiger partial charge is 0.134 e. The van der Waals surface area contributed by atoms with E-state index in [1.807, 2.05) is 14.0 Å². The first-order valence-electron chi connectivity index (χ1n) is 7.11. The molecule has 2 rings (SSSR count). The summed E-state index contributed by atoms with van der Waals surface area (Å²) < 4.78 is 5.61. The van der Waals surface area contributed by atoms with Crippen LogP contribution in [0.15, 0.2) is 0 Å². The highest BCUT2D eigenvalue weighted by Gasteiger charge is 2.20. The van der Waals surface area contributed by atoms with Crippen LogP contribution in [0.4, 0.5) is 11.6 Å². The summed E-state index contributed by atoms with van der Waals surface area (Å²) in [5.41, 5.74) is 1.06. The summed E-state index contributed by atoms with van der Waals surface area (Å²) in [6.45, 7) is 6.52. The Morgan fingerprint density at radius 1 is 1.26 bits per heavy atom. The molecule has 1 heterocycles. The van der Waals surface area contributed by atoms with Gasteiger partial charge in [-0.3, -0.25) is 0 Å². The van der Waals surface area contributed by atoms with Crippen LogP contribution in [0.25, 0.3) is 0 Å². The second kappa shape index (κ2) is 6.70. The van der Waals surface area contributed by atoms with Crippen molar-refractivity contribution in [2.24, 2.45) is 5.92 Å². The topological polar surface area (TPSA) is 59.1 Å². The third kappa shape index (κ3) is 4.06. The Bertz CT molecular complexity index is 418. The standard InChI is InChI=1S/C14H24N4O/c1-4-12-17-13(15-3)10(2)14(18-12)16-7-8-19-9-11-5-6-11/h11H,4-9H2,1-3H3,(H2,15,16,17,18). The van der Waals surface area contributed by atoms with Crippen LogP contribution in [0.3, 0.4) is 0 Å². The molecule has 2 N–H and O–H groups in total. The molecule has 1 aromatic heterocycles. The lowest BCUT2D eigenvalue weighted by Gasteiger charge is -2.13. The fraction of sp³-hybridized carbons (Fsp3) is 0.714. The molecular formula is C14H24N4O. The van der Waals surface area contributed by atoms with Crippen molar-refractivity contribution in [1.82, 2.24) is 9.97 Å². The zero-order chi connectivity index (χ0) is 13.7. The Hall–Kier alpha value is -1.36. The average Bonchev–Trinajstić information content (AvgIpc) is 3.24. The number of hydrogen-bond acceptors (Lipinski definition) is 5. The van der Waals surface area contributed by atoms with Crippen LogP contribution in [0, 0.1) is 12.8 Å². The Labute approximate surface area is 115 Å². The Balaban J connectivity index is 1.86. The van der Waals surface area contributed by atoms with Gasteiger partial charge in [-0.1, -0.05) is 6.92 Å². The Kier molecular flexibility index (Phi) is 4.96. The lowest BCUT2D eigenvalue weighted by Crippen LogP contribution is -2.14. The first-order chi connectivity index (χ1) is 9.24. The number of nitrogens with one attached hydrogen (secondary N) is 2. The Morgan fingerprint density at radius 3 is 2.63 bits per heavy atom. The lowest BCUT2D eigenvalue weighted by atomic mass is 10.3. The first-order valence-corrected chi connectivity index (χ1v) is 7.11.